The highest BCUT2D eigenvalue weighted by molar-refractivity contribution is 6.93. The van der Waals surface area contributed by atoms with Crippen molar-refractivity contribution in [1.29, 1.82) is 0 Å². The van der Waals surface area contributed by atoms with Crippen molar-refractivity contribution in [2.24, 2.45) is 0 Å². The molecular weight excluding hydrogens is 460 g/mol. The van der Waals surface area contributed by atoms with Crippen molar-refractivity contribution in [3.8, 4) is 17.1 Å². The number of esters is 1. The van der Waals surface area contributed by atoms with Crippen LogP contribution in [0.5, 0.6) is 5.75 Å². The first-order chi connectivity index (χ1) is 16.3. The second kappa shape index (κ2) is 7.51. The molecule has 1 N–H and O–H groups in total. The smallest absolute Gasteiger partial charge is 0.343 e. The molecule has 2 aromatic heterocycles. The molecule has 2 aliphatic heterocycles. The summed E-state index contributed by atoms with van der Waals surface area (Å²) in [6, 6.07) is 7.99. The number of carbonyl (C=O) groups is 1. The van der Waals surface area contributed by atoms with Gasteiger partial charge in [0.25, 0.3) is 5.56 Å². The maximum absolute atomic E-state index is 13.5. The second-order valence-electron chi connectivity index (χ2n) is 11.2. The number of carbonyl (C=O) groups excluding carboxylic acids is 1. The van der Waals surface area contributed by atoms with E-state index in [0.29, 0.717) is 29.1 Å². The quantitative estimate of drug-likeness (QED) is 0.346. The lowest BCUT2D eigenvalue weighted by Crippen LogP contribution is -2.50. The summed E-state index contributed by atoms with van der Waals surface area (Å²) in [5, 5.41) is 13.4. The molecule has 35 heavy (non-hydrogen) atoms. The number of benzene rings is 1. The van der Waals surface area contributed by atoms with Crippen molar-refractivity contribution >= 4 is 30.1 Å². The van der Waals surface area contributed by atoms with Gasteiger partial charge in [-0.15, -0.1) is 0 Å². The number of pyridine rings is 2. The Balaban J connectivity index is 1.82. The molecule has 8 heteroatoms. The maximum Gasteiger partial charge on any atom is 0.343 e. The van der Waals surface area contributed by atoms with Gasteiger partial charge < -0.3 is 19.1 Å². The first-order valence-electron chi connectivity index (χ1n) is 12.0. The van der Waals surface area contributed by atoms with Crippen LogP contribution in [0.3, 0.4) is 0 Å². The van der Waals surface area contributed by atoms with Gasteiger partial charge in [-0.05, 0) is 34.8 Å². The molecule has 0 aliphatic carbocycles. The molecule has 0 unspecified atom stereocenters. The van der Waals surface area contributed by atoms with Crippen LogP contribution in [0.25, 0.3) is 22.3 Å². The monoisotopic (exact) mass is 492 g/mol. The van der Waals surface area contributed by atoms with Gasteiger partial charge in [-0.25, -0.2) is 9.78 Å². The fourth-order valence-corrected chi connectivity index (χ4v) is 7.22. The summed E-state index contributed by atoms with van der Waals surface area (Å²) in [7, 11) is -0.309. The lowest BCUT2D eigenvalue weighted by Gasteiger charge is -2.38. The number of rotatable bonds is 3. The Morgan fingerprint density at radius 1 is 1.23 bits per heavy atom. The van der Waals surface area contributed by atoms with Gasteiger partial charge in [0.1, 0.15) is 12.4 Å². The predicted octanol–water partition coefficient (Wildman–Crippen LogP) is 3.80. The minimum atomic E-state index is -1.97. The summed E-state index contributed by atoms with van der Waals surface area (Å²) in [4.78, 5) is 31.1. The summed E-state index contributed by atoms with van der Waals surface area (Å²) < 4.78 is 12.5. The zero-order valence-electron chi connectivity index (χ0n) is 21.4. The fraction of sp³-hybridized carbons (Fsp3) is 0.444. The molecule has 1 atom stereocenters. The van der Waals surface area contributed by atoms with Gasteiger partial charge in [0.15, 0.2) is 5.60 Å². The summed E-state index contributed by atoms with van der Waals surface area (Å²) in [6.07, 6.45) is 0.118. The topological polar surface area (TPSA) is 90.7 Å². The van der Waals surface area contributed by atoms with Crippen LogP contribution in [0.1, 0.15) is 50.8 Å². The molecule has 0 radical (unpaired) electrons. The minimum Gasteiger partial charge on any atom is -0.496 e. The Morgan fingerprint density at radius 3 is 2.57 bits per heavy atom. The van der Waals surface area contributed by atoms with Crippen LogP contribution in [0.4, 0.5) is 0 Å². The van der Waals surface area contributed by atoms with Crippen LogP contribution < -0.4 is 15.5 Å². The summed E-state index contributed by atoms with van der Waals surface area (Å²) in [6.45, 7) is 13.5. The second-order valence-corrected chi connectivity index (χ2v) is 16.5. The van der Waals surface area contributed by atoms with Crippen LogP contribution in [-0.2, 0) is 28.3 Å². The van der Waals surface area contributed by atoms with Crippen molar-refractivity contribution in [3.05, 3.63) is 51.3 Å². The normalized spacial score (nSPS) is 19.3. The highest BCUT2D eigenvalue weighted by Crippen LogP contribution is 2.41. The summed E-state index contributed by atoms with van der Waals surface area (Å²) in [5.74, 6) is 0.0335. The zero-order valence-corrected chi connectivity index (χ0v) is 22.4. The molecule has 3 aromatic rings. The molecule has 0 bridgehead atoms. The summed E-state index contributed by atoms with van der Waals surface area (Å²) in [5.41, 5.74) is 1.70. The van der Waals surface area contributed by atoms with E-state index in [1.807, 2.05) is 6.07 Å². The van der Waals surface area contributed by atoms with Crippen LogP contribution >= 0.6 is 0 Å². The van der Waals surface area contributed by atoms with Gasteiger partial charge in [0.05, 0.1) is 44.2 Å². The van der Waals surface area contributed by atoms with E-state index in [9.17, 15) is 14.7 Å². The third-order valence-corrected chi connectivity index (χ3v) is 13.9. The van der Waals surface area contributed by atoms with E-state index in [-0.39, 0.29) is 23.6 Å². The van der Waals surface area contributed by atoms with Crippen molar-refractivity contribution in [3.63, 3.8) is 0 Å². The Bertz CT molecular complexity index is 1470. The highest BCUT2D eigenvalue weighted by atomic mass is 28.3. The largest absolute Gasteiger partial charge is 0.496 e. The number of hydrogen-bond donors (Lipinski definition) is 1. The van der Waals surface area contributed by atoms with Gasteiger partial charge in [0, 0.05) is 16.5 Å². The van der Waals surface area contributed by atoms with E-state index < -0.39 is 19.6 Å². The van der Waals surface area contributed by atoms with Crippen molar-refractivity contribution in [2.45, 2.75) is 71.0 Å². The first-order valence-corrected chi connectivity index (χ1v) is 15.0. The molecule has 184 valence electrons. The number of aromatic nitrogens is 2. The number of aliphatic hydroxyl groups is 1. The fourth-order valence-electron chi connectivity index (χ4n) is 5.13. The first kappa shape index (κ1) is 23.8. The number of fused-ring (bicyclic) bond motifs is 5. The maximum atomic E-state index is 13.5. The molecule has 0 spiro atoms. The SMILES string of the molecule is CC[C@@]1(O)C(=O)OCc2c1cc1n(c2=O)Cc2cc3c(OC)ccc([Si](C)(C)C(C)(C)C)c3nc2-1. The van der Waals surface area contributed by atoms with Gasteiger partial charge >= 0.3 is 5.97 Å². The number of ether oxygens (including phenoxy) is 2. The van der Waals surface area contributed by atoms with E-state index >= 15 is 0 Å². The lowest BCUT2D eigenvalue weighted by atomic mass is 9.86. The standard InChI is InChI=1S/C27H32N2O5Si/c1-8-27(32)18-12-19-22-15(13-29(19)24(30)17(18)14-34-25(27)31)11-16-20(33-5)9-10-21(23(16)28-22)35(6,7)26(2,3)4/h9-12,32H,8,13-14H2,1-7H3/t27-/m0/s1. The van der Waals surface area contributed by atoms with E-state index in [0.717, 1.165) is 22.2 Å². The molecule has 5 rings (SSSR count). The van der Waals surface area contributed by atoms with Crippen molar-refractivity contribution in [1.82, 2.24) is 9.55 Å². The van der Waals surface area contributed by atoms with Crippen LogP contribution in [0.15, 0.2) is 29.1 Å². The third-order valence-electron chi connectivity index (χ3n) is 8.41. The van der Waals surface area contributed by atoms with Gasteiger partial charge in [-0.1, -0.05) is 46.9 Å². The molecule has 0 amide bonds. The average Bonchev–Trinajstić information content (AvgIpc) is 3.17. The molecule has 0 fully saturated rings. The lowest BCUT2D eigenvalue weighted by molar-refractivity contribution is -0.172. The Labute approximate surface area is 205 Å². The molecule has 7 nitrogen and oxygen atoms in total. The number of hydrogen-bond acceptors (Lipinski definition) is 6. The molecule has 0 saturated carbocycles. The van der Waals surface area contributed by atoms with Crippen molar-refractivity contribution in [2.75, 3.05) is 7.11 Å². The van der Waals surface area contributed by atoms with Crippen LogP contribution in [0, 0.1) is 0 Å². The van der Waals surface area contributed by atoms with Gasteiger partial charge in [-0.3, -0.25) is 4.79 Å². The molecule has 1 aromatic carbocycles. The zero-order chi connectivity index (χ0) is 25.5. The number of cyclic esters (lactones) is 1. The van der Waals surface area contributed by atoms with Crippen molar-refractivity contribution < 1.29 is 19.4 Å². The van der Waals surface area contributed by atoms with E-state index in [1.165, 1.54) is 5.19 Å². The molecule has 4 heterocycles. The van der Waals surface area contributed by atoms with Gasteiger partial charge in [-0.2, -0.15) is 0 Å². The van der Waals surface area contributed by atoms with E-state index in [1.54, 1.807) is 24.7 Å². The molecule has 2 aliphatic rings. The Morgan fingerprint density at radius 2 is 1.94 bits per heavy atom. The van der Waals surface area contributed by atoms with Crippen LogP contribution in [-0.4, -0.2) is 35.8 Å². The third kappa shape index (κ3) is 3.16. The van der Waals surface area contributed by atoms with Gasteiger partial charge in [0.2, 0.25) is 0 Å². The van der Waals surface area contributed by atoms with E-state index in [4.69, 9.17) is 14.5 Å². The van der Waals surface area contributed by atoms with Crippen LogP contribution in [0.2, 0.25) is 18.1 Å². The number of nitrogens with zero attached hydrogens (tertiary/aromatic N) is 2. The summed E-state index contributed by atoms with van der Waals surface area (Å²) >= 11 is 0. The Kier molecular flexibility index (Phi) is 5.10. The Hall–Kier alpha value is -2.97. The minimum absolute atomic E-state index is 0.0983. The number of methoxy groups -OCH3 is 1. The average molecular weight is 493 g/mol. The van der Waals surface area contributed by atoms with E-state index in [2.05, 4.69) is 46.0 Å². The highest BCUT2D eigenvalue weighted by Gasteiger charge is 2.45. The molecular formula is C27H32N2O5Si. The predicted molar refractivity (Wildman–Crippen MR) is 138 cm³/mol. The molecule has 0 saturated heterocycles.